The number of rotatable bonds is 7. The van der Waals surface area contributed by atoms with Gasteiger partial charge in [-0.25, -0.2) is 8.42 Å². The first-order valence-electron chi connectivity index (χ1n) is 7.38. The number of piperidine rings is 1. The zero-order valence-corrected chi connectivity index (χ0v) is 14.3. The lowest BCUT2D eigenvalue weighted by Crippen LogP contribution is -2.35. The molecule has 1 amide bonds. The molecule has 1 aliphatic rings. The van der Waals surface area contributed by atoms with E-state index in [1.807, 2.05) is 0 Å². The second-order valence-electron chi connectivity index (χ2n) is 5.21. The van der Waals surface area contributed by atoms with E-state index in [4.69, 9.17) is 4.74 Å². The Bertz CT molecular complexity index is 592. The van der Waals surface area contributed by atoms with Crippen LogP contribution in [-0.2, 0) is 26.0 Å². The van der Waals surface area contributed by atoms with E-state index in [9.17, 15) is 13.2 Å². The topological polar surface area (TPSA) is 75.7 Å². The number of hydrogen-bond acceptors (Lipinski definition) is 5. The van der Waals surface area contributed by atoms with Gasteiger partial charge in [-0.1, -0.05) is 6.42 Å². The molecule has 0 aromatic carbocycles. The third-order valence-corrected chi connectivity index (χ3v) is 6.96. The van der Waals surface area contributed by atoms with Crippen LogP contribution in [0.3, 0.4) is 0 Å². The average Bonchev–Trinajstić information content (AvgIpc) is 2.97. The fourth-order valence-corrected chi connectivity index (χ4v) is 5.36. The van der Waals surface area contributed by atoms with Gasteiger partial charge in [0.2, 0.25) is 5.91 Å². The van der Waals surface area contributed by atoms with Gasteiger partial charge in [0.15, 0.2) is 0 Å². The van der Waals surface area contributed by atoms with Crippen molar-refractivity contribution >= 4 is 27.3 Å². The predicted molar refractivity (Wildman–Crippen MR) is 85.5 cm³/mol. The molecule has 0 spiro atoms. The summed E-state index contributed by atoms with van der Waals surface area (Å²) in [6.07, 6.45) is 3.12. The molecule has 0 aliphatic carbocycles. The second-order valence-corrected chi connectivity index (χ2v) is 8.54. The van der Waals surface area contributed by atoms with E-state index in [1.165, 1.54) is 11.3 Å². The molecule has 2 rings (SSSR count). The molecule has 6 nitrogen and oxygen atoms in total. The standard InChI is InChI=1S/C14H22N2O4S2/c1-20-10-7-15-13(17)11-12-5-6-14(21-12)22(18,19)16-8-3-2-4-9-16/h5-6H,2-4,7-11H2,1H3,(H,15,17). The molecule has 0 atom stereocenters. The van der Waals surface area contributed by atoms with E-state index >= 15 is 0 Å². The maximum atomic E-state index is 12.5. The van der Waals surface area contributed by atoms with Crippen LogP contribution in [0.4, 0.5) is 0 Å². The predicted octanol–water partition coefficient (Wildman–Crippen LogP) is 1.23. The van der Waals surface area contributed by atoms with Crippen molar-refractivity contribution in [3.63, 3.8) is 0 Å². The monoisotopic (exact) mass is 346 g/mol. The molecular formula is C14H22N2O4S2. The van der Waals surface area contributed by atoms with Crippen LogP contribution in [0.1, 0.15) is 24.1 Å². The lowest BCUT2D eigenvalue weighted by atomic mass is 10.2. The summed E-state index contributed by atoms with van der Waals surface area (Å²) in [5.74, 6) is -0.124. The summed E-state index contributed by atoms with van der Waals surface area (Å²) in [5, 5.41) is 2.73. The number of amides is 1. The number of carbonyl (C=O) groups excluding carboxylic acids is 1. The summed E-state index contributed by atoms with van der Waals surface area (Å²) < 4.78 is 31.8. The van der Waals surface area contributed by atoms with Gasteiger partial charge in [-0.2, -0.15) is 4.31 Å². The van der Waals surface area contributed by atoms with Crippen molar-refractivity contribution in [2.75, 3.05) is 33.4 Å². The number of sulfonamides is 1. The number of carbonyl (C=O) groups is 1. The van der Waals surface area contributed by atoms with E-state index < -0.39 is 10.0 Å². The minimum atomic E-state index is -3.40. The van der Waals surface area contributed by atoms with Crippen molar-refractivity contribution in [2.45, 2.75) is 29.9 Å². The highest BCUT2D eigenvalue weighted by Gasteiger charge is 2.27. The zero-order valence-electron chi connectivity index (χ0n) is 12.7. The van der Waals surface area contributed by atoms with Crippen molar-refractivity contribution in [1.29, 1.82) is 0 Å². The highest BCUT2D eigenvalue weighted by molar-refractivity contribution is 7.91. The van der Waals surface area contributed by atoms with Crippen molar-refractivity contribution in [3.8, 4) is 0 Å². The molecule has 1 aromatic heterocycles. The van der Waals surface area contributed by atoms with Gasteiger partial charge in [-0.3, -0.25) is 4.79 Å². The van der Waals surface area contributed by atoms with Gasteiger partial charge < -0.3 is 10.1 Å². The first kappa shape index (κ1) is 17.4. The van der Waals surface area contributed by atoms with Crippen LogP contribution in [0.2, 0.25) is 0 Å². The van der Waals surface area contributed by atoms with E-state index in [-0.39, 0.29) is 12.3 Å². The molecule has 0 bridgehead atoms. The average molecular weight is 346 g/mol. The van der Waals surface area contributed by atoms with Gasteiger partial charge in [0, 0.05) is 31.6 Å². The minimum absolute atomic E-state index is 0.124. The molecule has 22 heavy (non-hydrogen) atoms. The van der Waals surface area contributed by atoms with Gasteiger partial charge in [0.05, 0.1) is 13.0 Å². The summed E-state index contributed by atoms with van der Waals surface area (Å²) in [4.78, 5) is 12.5. The summed E-state index contributed by atoms with van der Waals surface area (Å²) >= 11 is 1.18. The van der Waals surface area contributed by atoms with E-state index in [1.54, 1.807) is 23.5 Å². The largest absolute Gasteiger partial charge is 0.383 e. The Morgan fingerprint density at radius 2 is 2.05 bits per heavy atom. The minimum Gasteiger partial charge on any atom is -0.383 e. The van der Waals surface area contributed by atoms with Crippen molar-refractivity contribution < 1.29 is 17.9 Å². The molecular weight excluding hydrogens is 324 g/mol. The van der Waals surface area contributed by atoms with Gasteiger partial charge in [-0.05, 0) is 25.0 Å². The van der Waals surface area contributed by atoms with Crippen LogP contribution >= 0.6 is 11.3 Å². The van der Waals surface area contributed by atoms with Crippen LogP contribution < -0.4 is 5.32 Å². The lowest BCUT2D eigenvalue weighted by Gasteiger charge is -2.25. The SMILES string of the molecule is COCCNC(=O)Cc1ccc(S(=O)(=O)N2CCCCC2)s1. The van der Waals surface area contributed by atoms with Crippen LogP contribution in [0, 0.1) is 0 Å². The maximum Gasteiger partial charge on any atom is 0.252 e. The molecule has 0 radical (unpaired) electrons. The zero-order chi connectivity index (χ0) is 16.0. The van der Waals surface area contributed by atoms with Crippen LogP contribution in [0.25, 0.3) is 0 Å². The van der Waals surface area contributed by atoms with Crippen LogP contribution in [0.15, 0.2) is 16.3 Å². The van der Waals surface area contributed by atoms with Crippen molar-refractivity contribution in [1.82, 2.24) is 9.62 Å². The first-order chi connectivity index (χ1) is 10.5. The molecule has 1 N–H and O–H groups in total. The highest BCUT2D eigenvalue weighted by atomic mass is 32.2. The Kier molecular flexibility index (Phi) is 6.37. The molecule has 1 aromatic rings. The molecule has 8 heteroatoms. The fourth-order valence-electron chi connectivity index (χ4n) is 2.34. The number of thiophene rings is 1. The summed E-state index contributed by atoms with van der Waals surface area (Å²) in [5.41, 5.74) is 0. The molecule has 1 aliphatic heterocycles. The van der Waals surface area contributed by atoms with Gasteiger partial charge in [-0.15, -0.1) is 11.3 Å². The fraction of sp³-hybridized carbons (Fsp3) is 0.643. The maximum absolute atomic E-state index is 12.5. The molecule has 1 fully saturated rings. The Labute approximate surface area is 135 Å². The Morgan fingerprint density at radius 3 is 2.73 bits per heavy atom. The van der Waals surface area contributed by atoms with E-state index in [2.05, 4.69) is 5.32 Å². The smallest absolute Gasteiger partial charge is 0.252 e. The van der Waals surface area contributed by atoms with Gasteiger partial charge in [0.25, 0.3) is 10.0 Å². The Morgan fingerprint density at radius 1 is 1.32 bits per heavy atom. The van der Waals surface area contributed by atoms with Gasteiger partial charge in [0.1, 0.15) is 4.21 Å². The van der Waals surface area contributed by atoms with E-state index in [0.717, 1.165) is 24.1 Å². The van der Waals surface area contributed by atoms with Crippen LogP contribution in [-0.4, -0.2) is 52.0 Å². The Balaban J connectivity index is 1.96. The third kappa shape index (κ3) is 4.52. The summed E-state index contributed by atoms with van der Waals surface area (Å²) in [7, 11) is -1.83. The second kappa shape index (κ2) is 8.05. The number of ether oxygens (including phenoxy) is 1. The normalized spacial score (nSPS) is 16.6. The highest BCUT2D eigenvalue weighted by Crippen LogP contribution is 2.27. The van der Waals surface area contributed by atoms with Crippen molar-refractivity contribution in [3.05, 3.63) is 17.0 Å². The third-order valence-electron chi connectivity index (χ3n) is 3.51. The quantitative estimate of drug-likeness (QED) is 0.754. The number of hydrogen-bond donors (Lipinski definition) is 1. The number of methoxy groups -OCH3 is 1. The number of nitrogens with zero attached hydrogens (tertiary/aromatic N) is 1. The molecule has 0 saturated carbocycles. The molecule has 1 saturated heterocycles. The summed E-state index contributed by atoms with van der Waals surface area (Å²) in [6.45, 7) is 2.10. The molecule has 124 valence electrons. The van der Waals surface area contributed by atoms with Crippen LogP contribution in [0.5, 0.6) is 0 Å². The molecule has 2 heterocycles. The lowest BCUT2D eigenvalue weighted by molar-refractivity contribution is -0.120. The number of nitrogens with one attached hydrogen (secondary N) is 1. The Hall–Kier alpha value is -0.960. The van der Waals surface area contributed by atoms with Crippen molar-refractivity contribution in [2.24, 2.45) is 0 Å². The van der Waals surface area contributed by atoms with E-state index in [0.29, 0.717) is 30.5 Å². The van der Waals surface area contributed by atoms with Gasteiger partial charge >= 0.3 is 0 Å². The molecule has 0 unspecified atom stereocenters. The summed E-state index contributed by atoms with van der Waals surface area (Å²) in [6, 6.07) is 3.32. The first-order valence-corrected chi connectivity index (χ1v) is 9.64.